The molecule has 1 N–H and O–H groups in total. The van der Waals surface area contributed by atoms with Crippen LogP contribution >= 0.6 is 11.8 Å². The van der Waals surface area contributed by atoms with E-state index in [1.807, 2.05) is 23.9 Å². The fourth-order valence-corrected chi connectivity index (χ4v) is 2.91. The highest BCUT2D eigenvalue weighted by Gasteiger charge is 2.19. The molecular weight excluding hydrogens is 224 g/mol. The summed E-state index contributed by atoms with van der Waals surface area (Å²) in [6, 6.07) is 3.86. The number of hydrogen-bond donors (Lipinski definition) is 1. The zero-order chi connectivity index (χ0) is 11.5. The van der Waals surface area contributed by atoms with E-state index in [2.05, 4.69) is 0 Å². The highest BCUT2D eigenvalue weighted by Crippen LogP contribution is 2.38. The van der Waals surface area contributed by atoms with Crippen molar-refractivity contribution in [2.45, 2.75) is 18.3 Å². The van der Waals surface area contributed by atoms with Gasteiger partial charge < -0.3 is 14.6 Å². The first kappa shape index (κ1) is 11.6. The molecule has 0 amide bonds. The number of aliphatic hydroxyl groups excluding tert-OH is 1. The highest BCUT2D eigenvalue weighted by atomic mass is 32.2. The van der Waals surface area contributed by atoms with Crippen molar-refractivity contribution in [2.24, 2.45) is 0 Å². The number of ether oxygens (including phenoxy) is 2. The summed E-state index contributed by atoms with van der Waals surface area (Å²) in [6.45, 7) is 0. The lowest BCUT2D eigenvalue weighted by Gasteiger charge is -2.15. The third-order valence-corrected chi connectivity index (χ3v) is 3.84. The number of aliphatic hydroxyl groups is 1. The van der Waals surface area contributed by atoms with Crippen LogP contribution in [0.25, 0.3) is 0 Å². The van der Waals surface area contributed by atoms with E-state index in [1.165, 1.54) is 0 Å². The zero-order valence-electron chi connectivity index (χ0n) is 9.53. The zero-order valence-corrected chi connectivity index (χ0v) is 10.3. The summed E-state index contributed by atoms with van der Waals surface area (Å²) in [5, 5.41) is 10.0. The summed E-state index contributed by atoms with van der Waals surface area (Å²) in [4.78, 5) is 0. The van der Waals surface area contributed by atoms with Crippen LogP contribution in [0.3, 0.4) is 0 Å². The van der Waals surface area contributed by atoms with E-state index < -0.39 is 0 Å². The van der Waals surface area contributed by atoms with Gasteiger partial charge in [0.05, 0.1) is 20.3 Å². The van der Waals surface area contributed by atoms with Crippen molar-refractivity contribution < 1.29 is 14.6 Å². The first-order chi connectivity index (χ1) is 7.76. The van der Waals surface area contributed by atoms with Crippen LogP contribution in [0.2, 0.25) is 0 Å². The van der Waals surface area contributed by atoms with Gasteiger partial charge in [-0.1, -0.05) is 0 Å². The Balaban J connectivity index is 2.47. The molecule has 1 aromatic rings. The average molecular weight is 240 g/mol. The summed E-state index contributed by atoms with van der Waals surface area (Å²) >= 11 is 1.84. The standard InChI is InChI=1S/C12H16O3S/c1-14-11-5-8-7-16-4-3-10(13)9(8)6-12(11)15-2/h5-6,10,13H,3-4,7H2,1-2H3/t10-/m0/s1. The molecular formula is C12H16O3S. The Hall–Kier alpha value is -0.870. The van der Waals surface area contributed by atoms with Crippen LogP contribution < -0.4 is 9.47 Å². The number of rotatable bonds is 2. The van der Waals surface area contributed by atoms with Crippen LogP contribution in [0, 0.1) is 0 Å². The van der Waals surface area contributed by atoms with E-state index >= 15 is 0 Å². The minimum Gasteiger partial charge on any atom is -0.493 e. The molecule has 0 saturated heterocycles. The Morgan fingerprint density at radius 1 is 1.25 bits per heavy atom. The van der Waals surface area contributed by atoms with Gasteiger partial charge in [0.25, 0.3) is 0 Å². The largest absolute Gasteiger partial charge is 0.493 e. The molecule has 1 aromatic carbocycles. The van der Waals surface area contributed by atoms with Crippen LogP contribution in [0.5, 0.6) is 11.5 Å². The van der Waals surface area contributed by atoms with Gasteiger partial charge in [-0.2, -0.15) is 11.8 Å². The molecule has 0 bridgehead atoms. The summed E-state index contributed by atoms with van der Waals surface area (Å²) < 4.78 is 10.5. The first-order valence-electron chi connectivity index (χ1n) is 5.27. The molecule has 2 rings (SSSR count). The second-order valence-electron chi connectivity index (χ2n) is 3.76. The van der Waals surface area contributed by atoms with Crippen molar-refractivity contribution in [3.8, 4) is 11.5 Å². The molecule has 1 aliphatic rings. The predicted molar refractivity (Wildman–Crippen MR) is 65.3 cm³/mol. The third kappa shape index (κ3) is 2.13. The number of benzene rings is 1. The van der Waals surface area contributed by atoms with Gasteiger partial charge >= 0.3 is 0 Å². The number of thioether (sulfide) groups is 1. The number of fused-ring (bicyclic) bond motifs is 1. The maximum atomic E-state index is 10.0. The topological polar surface area (TPSA) is 38.7 Å². The van der Waals surface area contributed by atoms with E-state index in [0.29, 0.717) is 5.75 Å². The van der Waals surface area contributed by atoms with Crippen molar-refractivity contribution in [2.75, 3.05) is 20.0 Å². The van der Waals surface area contributed by atoms with Gasteiger partial charge in [-0.05, 0) is 35.4 Å². The van der Waals surface area contributed by atoms with Crippen molar-refractivity contribution in [3.63, 3.8) is 0 Å². The van der Waals surface area contributed by atoms with E-state index in [1.54, 1.807) is 14.2 Å². The Kier molecular flexibility index (Phi) is 3.61. The van der Waals surface area contributed by atoms with Gasteiger partial charge in [0.15, 0.2) is 11.5 Å². The van der Waals surface area contributed by atoms with Gasteiger partial charge in [0.1, 0.15) is 0 Å². The van der Waals surface area contributed by atoms with Gasteiger partial charge in [-0.3, -0.25) is 0 Å². The SMILES string of the molecule is COc1cc2c(cc1OC)[C@@H](O)CCSC2. The second kappa shape index (κ2) is 4.97. The minimum absolute atomic E-state index is 0.384. The van der Waals surface area contributed by atoms with Gasteiger partial charge in [-0.15, -0.1) is 0 Å². The van der Waals surface area contributed by atoms with Crippen molar-refractivity contribution in [1.82, 2.24) is 0 Å². The quantitative estimate of drug-likeness (QED) is 0.861. The summed E-state index contributed by atoms with van der Waals surface area (Å²) in [5.41, 5.74) is 2.12. The number of hydrogen-bond acceptors (Lipinski definition) is 4. The molecule has 0 aromatic heterocycles. The molecule has 0 unspecified atom stereocenters. The maximum absolute atomic E-state index is 10.0. The molecule has 4 heteroatoms. The highest BCUT2D eigenvalue weighted by molar-refractivity contribution is 7.98. The van der Waals surface area contributed by atoms with Gasteiger partial charge in [0, 0.05) is 5.75 Å². The molecule has 16 heavy (non-hydrogen) atoms. The molecule has 1 atom stereocenters. The fourth-order valence-electron chi connectivity index (χ4n) is 1.90. The third-order valence-electron chi connectivity index (χ3n) is 2.80. The maximum Gasteiger partial charge on any atom is 0.161 e. The Labute approximate surface area is 99.8 Å². The monoisotopic (exact) mass is 240 g/mol. The first-order valence-corrected chi connectivity index (χ1v) is 6.42. The number of methoxy groups -OCH3 is 2. The normalized spacial score (nSPS) is 19.8. The van der Waals surface area contributed by atoms with Crippen LogP contribution in [0.4, 0.5) is 0 Å². The van der Waals surface area contributed by atoms with Crippen molar-refractivity contribution in [3.05, 3.63) is 23.3 Å². The summed E-state index contributed by atoms with van der Waals surface area (Å²) in [5.74, 6) is 3.33. The minimum atomic E-state index is -0.384. The van der Waals surface area contributed by atoms with Gasteiger partial charge in [-0.25, -0.2) is 0 Å². The second-order valence-corrected chi connectivity index (χ2v) is 4.87. The molecule has 88 valence electrons. The molecule has 0 aliphatic carbocycles. The molecule has 0 spiro atoms. The van der Waals surface area contributed by atoms with Crippen LogP contribution in [-0.2, 0) is 5.75 Å². The van der Waals surface area contributed by atoms with E-state index in [9.17, 15) is 5.11 Å². The fraction of sp³-hybridized carbons (Fsp3) is 0.500. The Morgan fingerprint density at radius 2 is 1.94 bits per heavy atom. The molecule has 0 fully saturated rings. The Bertz CT molecular complexity index is 379. The summed E-state index contributed by atoms with van der Waals surface area (Å²) in [6.07, 6.45) is 0.414. The molecule has 0 radical (unpaired) electrons. The van der Waals surface area contributed by atoms with Crippen LogP contribution in [-0.4, -0.2) is 25.1 Å². The molecule has 0 saturated carbocycles. The van der Waals surface area contributed by atoms with E-state index in [0.717, 1.165) is 34.8 Å². The van der Waals surface area contributed by atoms with Crippen molar-refractivity contribution >= 4 is 11.8 Å². The molecule has 3 nitrogen and oxygen atoms in total. The van der Waals surface area contributed by atoms with E-state index in [-0.39, 0.29) is 6.10 Å². The smallest absolute Gasteiger partial charge is 0.161 e. The molecule has 1 heterocycles. The van der Waals surface area contributed by atoms with Gasteiger partial charge in [0.2, 0.25) is 0 Å². The molecule has 1 aliphatic heterocycles. The average Bonchev–Trinajstić information content (AvgIpc) is 2.49. The Morgan fingerprint density at radius 3 is 2.62 bits per heavy atom. The van der Waals surface area contributed by atoms with E-state index in [4.69, 9.17) is 9.47 Å². The lowest BCUT2D eigenvalue weighted by molar-refractivity contribution is 0.174. The van der Waals surface area contributed by atoms with Crippen molar-refractivity contribution in [1.29, 1.82) is 0 Å². The predicted octanol–water partition coefficient (Wildman–Crippen LogP) is 2.37. The van der Waals surface area contributed by atoms with Crippen LogP contribution in [0.1, 0.15) is 23.7 Å². The summed E-state index contributed by atoms with van der Waals surface area (Å²) in [7, 11) is 3.24. The lowest BCUT2D eigenvalue weighted by Crippen LogP contribution is -2.01. The van der Waals surface area contributed by atoms with Crippen LogP contribution in [0.15, 0.2) is 12.1 Å². The lowest BCUT2D eigenvalue weighted by atomic mass is 10.0.